The highest BCUT2D eigenvalue weighted by Gasteiger charge is 2.12. The number of hydrogen-bond acceptors (Lipinski definition) is 4. The summed E-state index contributed by atoms with van der Waals surface area (Å²) in [5.74, 6) is 0.286. The Morgan fingerprint density at radius 2 is 2.32 bits per heavy atom. The number of aromatic nitrogens is 2. The van der Waals surface area contributed by atoms with E-state index in [9.17, 15) is 4.39 Å². The van der Waals surface area contributed by atoms with Gasteiger partial charge in [0.25, 0.3) is 0 Å². The maximum absolute atomic E-state index is 13.9. The number of thiazole rings is 1. The van der Waals surface area contributed by atoms with Gasteiger partial charge in [-0.1, -0.05) is 0 Å². The largest absolute Gasteiger partial charge is 0.491 e. The van der Waals surface area contributed by atoms with Crippen LogP contribution in [0.15, 0.2) is 29.8 Å². The fourth-order valence-electron chi connectivity index (χ4n) is 1.97. The van der Waals surface area contributed by atoms with Crippen LogP contribution >= 0.6 is 11.3 Å². The number of nitrogens with two attached hydrogens (primary N) is 1. The molecule has 0 aliphatic heterocycles. The Balaban J connectivity index is 2.11. The Labute approximate surface area is 113 Å². The molecular weight excluding hydrogens is 265 g/mol. The van der Waals surface area contributed by atoms with Gasteiger partial charge in [0.15, 0.2) is 11.6 Å². The third-order valence-electron chi connectivity index (χ3n) is 2.82. The van der Waals surface area contributed by atoms with Crippen molar-refractivity contribution < 1.29 is 9.13 Å². The van der Waals surface area contributed by atoms with Crippen LogP contribution in [0.2, 0.25) is 0 Å². The Hall–Kier alpha value is -2.08. The lowest BCUT2D eigenvalue weighted by Crippen LogP contribution is -1.97. The second-order valence-corrected chi connectivity index (χ2v) is 4.88. The molecule has 0 aliphatic carbocycles. The first-order valence-electron chi connectivity index (χ1n) is 5.84. The molecule has 1 aromatic carbocycles. The number of fused-ring (bicyclic) bond motifs is 1. The van der Waals surface area contributed by atoms with E-state index < -0.39 is 0 Å². The Morgan fingerprint density at radius 3 is 3.05 bits per heavy atom. The first kappa shape index (κ1) is 12.0. The topological polar surface area (TPSA) is 52.5 Å². The van der Waals surface area contributed by atoms with Gasteiger partial charge in [0, 0.05) is 10.9 Å². The summed E-state index contributed by atoms with van der Waals surface area (Å²) in [6.07, 6.45) is 1.70. The molecule has 0 saturated heterocycles. The number of hydrogen-bond donors (Lipinski definition) is 1. The number of rotatable bonds is 3. The van der Waals surface area contributed by atoms with Crippen molar-refractivity contribution in [3.05, 3.63) is 35.6 Å². The van der Waals surface area contributed by atoms with E-state index in [0.717, 1.165) is 16.1 Å². The van der Waals surface area contributed by atoms with Crippen LogP contribution in [0.5, 0.6) is 5.75 Å². The Morgan fingerprint density at radius 1 is 1.47 bits per heavy atom. The van der Waals surface area contributed by atoms with Gasteiger partial charge in [0.1, 0.15) is 4.83 Å². The molecular formula is C13H12FN3OS. The van der Waals surface area contributed by atoms with Gasteiger partial charge in [0.2, 0.25) is 5.95 Å². The minimum atomic E-state index is -0.377. The van der Waals surface area contributed by atoms with Crippen molar-refractivity contribution in [2.24, 2.45) is 0 Å². The van der Waals surface area contributed by atoms with E-state index in [-0.39, 0.29) is 11.6 Å². The van der Waals surface area contributed by atoms with Crippen molar-refractivity contribution in [1.82, 2.24) is 9.38 Å². The fourth-order valence-corrected chi connectivity index (χ4v) is 2.86. The molecule has 0 amide bonds. The molecule has 19 heavy (non-hydrogen) atoms. The van der Waals surface area contributed by atoms with Crippen molar-refractivity contribution in [2.45, 2.75) is 6.92 Å². The number of nitrogens with zero attached hydrogens (tertiary/aromatic N) is 2. The van der Waals surface area contributed by atoms with Crippen molar-refractivity contribution in [3.8, 4) is 17.0 Å². The van der Waals surface area contributed by atoms with Crippen LogP contribution in [-0.4, -0.2) is 16.0 Å². The average molecular weight is 277 g/mol. The van der Waals surface area contributed by atoms with Crippen molar-refractivity contribution >= 4 is 22.1 Å². The number of anilines is 1. The summed E-state index contributed by atoms with van der Waals surface area (Å²) in [6, 6.07) is 4.89. The van der Waals surface area contributed by atoms with E-state index in [4.69, 9.17) is 10.5 Å². The van der Waals surface area contributed by atoms with E-state index in [1.165, 1.54) is 17.4 Å². The van der Waals surface area contributed by atoms with Gasteiger partial charge in [-0.25, -0.2) is 9.37 Å². The van der Waals surface area contributed by atoms with Gasteiger partial charge in [0.05, 0.1) is 18.5 Å². The maximum Gasteiger partial charge on any atom is 0.206 e. The van der Waals surface area contributed by atoms with E-state index in [1.54, 1.807) is 16.7 Å². The van der Waals surface area contributed by atoms with Crippen LogP contribution in [0.3, 0.4) is 0 Å². The molecule has 3 aromatic rings. The molecule has 98 valence electrons. The molecule has 0 atom stereocenters. The van der Waals surface area contributed by atoms with Gasteiger partial charge >= 0.3 is 0 Å². The van der Waals surface area contributed by atoms with Crippen LogP contribution in [0.4, 0.5) is 10.3 Å². The quantitative estimate of drug-likeness (QED) is 0.800. The molecule has 2 N–H and O–H groups in total. The van der Waals surface area contributed by atoms with Crippen LogP contribution in [-0.2, 0) is 0 Å². The minimum absolute atomic E-state index is 0.260. The van der Waals surface area contributed by atoms with Crippen LogP contribution in [0.25, 0.3) is 16.1 Å². The van der Waals surface area contributed by atoms with Crippen LogP contribution in [0, 0.1) is 5.82 Å². The van der Waals surface area contributed by atoms with E-state index in [0.29, 0.717) is 12.6 Å². The molecule has 3 rings (SSSR count). The smallest absolute Gasteiger partial charge is 0.206 e. The molecule has 0 unspecified atom stereocenters. The summed E-state index contributed by atoms with van der Waals surface area (Å²) < 4.78 is 20.9. The van der Waals surface area contributed by atoms with Crippen molar-refractivity contribution in [1.29, 1.82) is 0 Å². The highest BCUT2D eigenvalue weighted by atomic mass is 32.1. The highest BCUT2D eigenvalue weighted by molar-refractivity contribution is 7.16. The van der Waals surface area contributed by atoms with Crippen LogP contribution < -0.4 is 10.5 Å². The number of halogens is 1. The molecule has 0 spiro atoms. The summed E-state index contributed by atoms with van der Waals surface area (Å²) >= 11 is 1.52. The lowest BCUT2D eigenvalue weighted by Gasteiger charge is -2.06. The molecule has 4 nitrogen and oxygen atoms in total. The molecule has 0 aliphatic rings. The van der Waals surface area contributed by atoms with Gasteiger partial charge in [-0.2, -0.15) is 0 Å². The summed E-state index contributed by atoms with van der Waals surface area (Å²) in [4.78, 5) is 4.98. The number of ether oxygens (including phenoxy) is 1. The standard InChI is InChI=1S/C13H12FN3OS/c1-2-18-11-4-3-8(5-9(11)14)10-7-19-12-6-16-13(15)17(10)12/h3-7H,2H2,1H3,(H2,15,16). The van der Waals surface area contributed by atoms with E-state index >= 15 is 0 Å². The first-order chi connectivity index (χ1) is 9.20. The second kappa shape index (κ2) is 4.55. The Bertz CT molecular complexity index is 735. The fraction of sp³-hybridized carbons (Fsp3) is 0.154. The van der Waals surface area contributed by atoms with Crippen LogP contribution in [0.1, 0.15) is 6.92 Å². The maximum atomic E-state index is 13.9. The normalized spacial score (nSPS) is 11.1. The SMILES string of the molecule is CCOc1ccc(-c2csc3cnc(N)n23)cc1F. The second-order valence-electron chi connectivity index (χ2n) is 3.99. The zero-order chi connectivity index (χ0) is 13.4. The zero-order valence-corrected chi connectivity index (χ0v) is 11.1. The van der Waals surface area contributed by atoms with Crippen molar-refractivity contribution in [3.63, 3.8) is 0 Å². The first-order valence-corrected chi connectivity index (χ1v) is 6.72. The number of nitrogen functional groups attached to an aromatic ring is 1. The average Bonchev–Trinajstić information content (AvgIpc) is 2.96. The predicted molar refractivity (Wildman–Crippen MR) is 74.0 cm³/mol. The summed E-state index contributed by atoms with van der Waals surface area (Å²) in [5, 5.41) is 1.93. The molecule has 0 radical (unpaired) electrons. The van der Waals surface area contributed by atoms with Gasteiger partial charge in [-0.3, -0.25) is 4.40 Å². The lowest BCUT2D eigenvalue weighted by atomic mass is 10.1. The predicted octanol–water partition coefficient (Wildman–Crippen LogP) is 3.18. The highest BCUT2D eigenvalue weighted by Crippen LogP contribution is 2.31. The summed E-state index contributed by atoms with van der Waals surface area (Å²) in [5.41, 5.74) is 7.39. The van der Waals surface area contributed by atoms with Gasteiger partial charge in [-0.15, -0.1) is 11.3 Å². The zero-order valence-electron chi connectivity index (χ0n) is 10.3. The molecule has 0 fully saturated rings. The third kappa shape index (κ3) is 1.94. The summed E-state index contributed by atoms with van der Waals surface area (Å²) in [7, 11) is 0. The lowest BCUT2D eigenvalue weighted by molar-refractivity contribution is 0.321. The third-order valence-corrected chi connectivity index (χ3v) is 3.69. The van der Waals surface area contributed by atoms with E-state index in [1.807, 2.05) is 18.4 Å². The monoisotopic (exact) mass is 277 g/mol. The van der Waals surface area contributed by atoms with Crippen molar-refractivity contribution in [2.75, 3.05) is 12.3 Å². The van der Waals surface area contributed by atoms with E-state index in [2.05, 4.69) is 4.98 Å². The number of imidazole rings is 1. The molecule has 0 saturated carbocycles. The molecule has 2 aromatic heterocycles. The molecule has 2 heterocycles. The molecule has 6 heteroatoms. The Kier molecular flexibility index (Phi) is 2.87. The van der Waals surface area contributed by atoms with Gasteiger partial charge < -0.3 is 10.5 Å². The molecule has 0 bridgehead atoms. The van der Waals surface area contributed by atoms with Gasteiger partial charge in [-0.05, 0) is 25.1 Å². The minimum Gasteiger partial charge on any atom is -0.491 e. The number of benzene rings is 1. The summed E-state index contributed by atoms with van der Waals surface area (Å²) in [6.45, 7) is 2.26.